The molecule has 0 saturated heterocycles. The molecule has 0 bridgehead atoms. The Hall–Kier alpha value is -2.39. The molecule has 0 spiro atoms. The van der Waals surface area contributed by atoms with Gasteiger partial charge in [-0.05, 0) is 61.9 Å². The van der Waals surface area contributed by atoms with Gasteiger partial charge in [0.25, 0.3) is 0 Å². The molecule has 30 heavy (non-hydrogen) atoms. The number of ether oxygens (including phenoxy) is 2. The summed E-state index contributed by atoms with van der Waals surface area (Å²) in [5.41, 5.74) is 2.31. The highest BCUT2D eigenvalue weighted by Crippen LogP contribution is 2.26. The van der Waals surface area contributed by atoms with Crippen molar-refractivity contribution >= 4 is 6.08 Å². The molecule has 2 aromatic rings. The summed E-state index contributed by atoms with van der Waals surface area (Å²) < 4.78 is 25.9. The van der Waals surface area contributed by atoms with Crippen LogP contribution in [0.25, 0.3) is 17.2 Å². The van der Waals surface area contributed by atoms with Crippen molar-refractivity contribution in [3.8, 4) is 16.9 Å². The average molecular weight is 411 g/mol. The minimum Gasteiger partial charge on any atom is -0.490 e. The van der Waals surface area contributed by atoms with Crippen molar-refractivity contribution in [2.45, 2.75) is 58.5 Å². The largest absolute Gasteiger partial charge is 0.490 e. The highest BCUT2D eigenvalue weighted by Gasteiger charge is 2.06. The molecule has 3 heteroatoms. The van der Waals surface area contributed by atoms with Gasteiger partial charge in [-0.2, -0.15) is 0 Å². The molecular weight excluding hydrogens is 375 g/mol. The first-order valence-corrected chi connectivity index (χ1v) is 11.1. The normalized spacial score (nSPS) is 12.2. The number of unbranched alkanes of at least 4 members (excludes halogenated alkanes) is 3. The SMILES string of the molecule is C=CCOc1ccc(-c2ccc(/C=C/CCCC(C)OCCCCC)cc2F)cc1. The van der Waals surface area contributed by atoms with Gasteiger partial charge < -0.3 is 9.47 Å². The summed E-state index contributed by atoms with van der Waals surface area (Å²) in [6, 6.07) is 12.8. The van der Waals surface area contributed by atoms with Gasteiger partial charge in [-0.1, -0.05) is 68.8 Å². The lowest BCUT2D eigenvalue weighted by molar-refractivity contribution is 0.0566. The fourth-order valence-electron chi connectivity index (χ4n) is 3.22. The summed E-state index contributed by atoms with van der Waals surface area (Å²) in [4.78, 5) is 0. The summed E-state index contributed by atoms with van der Waals surface area (Å²) >= 11 is 0. The Kier molecular flexibility index (Phi) is 11.0. The van der Waals surface area contributed by atoms with Gasteiger partial charge in [-0.15, -0.1) is 0 Å². The molecule has 0 N–H and O–H groups in total. The molecule has 0 radical (unpaired) electrons. The van der Waals surface area contributed by atoms with Crippen LogP contribution >= 0.6 is 0 Å². The van der Waals surface area contributed by atoms with E-state index in [-0.39, 0.29) is 5.82 Å². The van der Waals surface area contributed by atoms with Crippen molar-refractivity contribution in [2.24, 2.45) is 0 Å². The maximum absolute atomic E-state index is 14.6. The second-order valence-corrected chi connectivity index (χ2v) is 7.59. The zero-order valence-corrected chi connectivity index (χ0v) is 18.4. The molecule has 2 rings (SSSR count). The number of benzene rings is 2. The Morgan fingerprint density at radius 2 is 1.87 bits per heavy atom. The molecule has 0 aliphatic heterocycles. The van der Waals surface area contributed by atoms with E-state index in [1.165, 1.54) is 12.8 Å². The molecule has 0 amide bonds. The molecule has 2 nitrogen and oxygen atoms in total. The van der Waals surface area contributed by atoms with Gasteiger partial charge in [-0.25, -0.2) is 4.39 Å². The van der Waals surface area contributed by atoms with Crippen LogP contribution in [0.2, 0.25) is 0 Å². The second-order valence-electron chi connectivity index (χ2n) is 7.59. The summed E-state index contributed by atoms with van der Waals surface area (Å²) in [5, 5.41) is 0. The lowest BCUT2D eigenvalue weighted by atomic mass is 10.0. The minimum absolute atomic E-state index is 0.217. The fourth-order valence-corrected chi connectivity index (χ4v) is 3.22. The quantitative estimate of drug-likeness (QED) is 0.233. The first-order chi connectivity index (χ1) is 14.6. The van der Waals surface area contributed by atoms with Crippen LogP contribution in [0.5, 0.6) is 5.75 Å². The third kappa shape index (κ3) is 8.54. The molecule has 0 heterocycles. The van der Waals surface area contributed by atoms with Gasteiger partial charge in [-0.3, -0.25) is 0 Å². The third-order valence-corrected chi connectivity index (χ3v) is 4.97. The molecule has 0 aliphatic rings. The third-order valence-electron chi connectivity index (χ3n) is 4.97. The van der Waals surface area contributed by atoms with Gasteiger partial charge in [0.1, 0.15) is 18.2 Å². The van der Waals surface area contributed by atoms with Gasteiger partial charge in [0.05, 0.1) is 6.10 Å². The van der Waals surface area contributed by atoms with Crippen LogP contribution in [0, 0.1) is 5.82 Å². The van der Waals surface area contributed by atoms with Gasteiger partial charge in [0, 0.05) is 12.2 Å². The topological polar surface area (TPSA) is 18.5 Å². The lowest BCUT2D eigenvalue weighted by Crippen LogP contribution is -2.08. The highest BCUT2D eigenvalue weighted by atomic mass is 19.1. The summed E-state index contributed by atoms with van der Waals surface area (Å²) in [6.45, 7) is 9.29. The Labute approximate surface area is 181 Å². The van der Waals surface area contributed by atoms with Crippen molar-refractivity contribution < 1.29 is 13.9 Å². The summed E-state index contributed by atoms with van der Waals surface area (Å²) in [7, 11) is 0. The highest BCUT2D eigenvalue weighted by molar-refractivity contribution is 5.67. The van der Waals surface area contributed by atoms with E-state index in [9.17, 15) is 4.39 Å². The Morgan fingerprint density at radius 1 is 1.07 bits per heavy atom. The average Bonchev–Trinajstić information content (AvgIpc) is 2.75. The van der Waals surface area contributed by atoms with Crippen molar-refractivity contribution in [3.05, 3.63) is 72.6 Å². The van der Waals surface area contributed by atoms with E-state index >= 15 is 0 Å². The van der Waals surface area contributed by atoms with Crippen LogP contribution in [0.15, 0.2) is 61.2 Å². The zero-order chi connectivity index (χ0) is 21.6. The van der Waals surface area contributed by atoms with Gasteiger partial charge >= 0.3 is 0 Å². The summed E-state index contributed by atoms with van der Waals surface area (Å²) in [5.74, 6) is 0.533. The number of rotatable bonds is 14. The van der Waals surface area contributed by atoms with E-state index in [0.29, 0.717) is 18.3 Å². The van der Waals surface area contributed by atoms with Crippen molar-refractivity contribution in [1.29, 1.82) is 0 Å². The van der Waals surface area contributed by atoms with E-state index in [1.807, 2.05) is 42.5 Å². The van der Waals surface area contributed by atoms with Crippen LogP contribution in [0.1, 0.15) is 57.9 Å². The van der Waals surface area contributed by atoms with Crippen LogP contribution in [-0.2, 0) is 4.74 Å². The summed E-state index contributed by atoms with van der Waals surface area (Å²) in [6.07, 6.45) is 12.8. The van der Waals surface area contributed by atoms with Crippen LogP contribution in [0.3, 0.4) is 0 Å². The molecule has 0 aliphatic carbocycles. The molecule has 162 valence electrons. The van der Waals surface area contributed by atoms with Crippen molar-refractivity contribution in [1.82, 2.24) is 0 Å². The number of hydrogen-bond donors (Lipinski definition) is 0. The Balaban J connectivity index is 1.80. The van der Waals surface area contributed by atoms with Crippen LogP contribution < -0.4 is 4.74 Å². The van der Waals surface area contributed by atoms with Crippen molar-refractivity contribution in [2.75, 3.05) is 13.2 Å². The number of hydrogen-bond acceptors (Lipinski definition) is 2. The van der Waals surface area contributed by atoms with E-state index in [2.05, 4.69) is 26.5 Å². The lowest BCUT2D eigenvalue weighted by Gasteiger charge is -2.12. The van der Waals surface area contributed by atoms with E-state index in [1.54, 1.807) is 12.1 Å². The first-order valence-electron chi connectivity index (χ1n) is 11.1. The molecule has 1 atom stereocenters. The predicted molar refractivity (Wildman–Crippen MR) is 125 cm³/mol. The van der Waals surface area contributed by atoms with Crippen molar-refractivity contribution in [3.63, 3.8) is 0 Å². The first kappa shape index (κ1) is 23.9. The predicted octanol–water partition coefficient (Wildman–Crippen LogP) is 7.84. The van der Waals surface area contributed by atoms with Gasteiger partial charge in [0.2, 0.25) is 0 Å². The molecule has 1 unspecified atom stereocenters. The van der Waals surface area contributed by atoms with Crippen LogP contribution in [0.4, 0.5) is 4.39 Å². The monoisotopic (exact) mass is 410 g/mol. The Bertz CT molecular complexity index is 780. The smallest absolute Gasteiger partial charge is 0.131 e. The molecular formula is C27H35FO2. The van der Waals surface area contributed by atoms with Gasteiger partial charge in [0.15, 0.2) is 0 Å². The maximum Gasteiger partial charge on any atom is 0.131 e. The Morgan fingerprint density at radius 3 is 2.57 bits per heavy atom. The van der Waals surface area contributed by atoms with E-state index < -0.39 is 0 Å². The fraction of sp³-hybridized carbons (Fsp3) is 0.407. The molecule has 0 saturated carbocycles. The molecule has 2 aromatic carbocycles. The standard InChI is InChI=1S/C27H35FO2/c1-4-6-10-20-29-22(3)11-8-7-9-12-23-13-18-26(27(28)21-23)24-14-16-25(17-15-24)30-19-5-2/h5,9,12-18,21-22H,2,4,6-8,10-11,19-20H2,1,3H3/b12-9+. The second kappa shape index (κ2) is 13.8. The van der Waals surface area contributed by atoms with Crippen LogP contribution in [-0.4, -0.2) is 19.3 Å². The minimum atomic E-state index is -0.217. The van der Waals surface area contributed by atoms with E-state index in [0.717, 1.165) is 49.2 Å². The number of halogens is 1. The molecule has 0 fully saturated rings. The maximum atomic E-state index is 14.6. The van der Waals surface area contributed by atoms with E-state index in [4.69, 9.17) is 9.47 Å². The number of allylic oxidation sites excluding steroid dienone is 1. The molecule has 0 aromatic heterocycles. The zero-order valence-electron chi connectivity index (χ0n) is 18.4.